The normalized spacial score (nSPS) is 14.5. The Hall–Kier alpha value is -4.52. The van der Waals surface area contributed by atoms with Gasteiger partial charge in [0.2, 0.25) is 0 Å². The maximum atomic E-state index is 12.8. The third-order valence-corrected chi connectivity index (χ3v) is 12.6. The van der Waals surface area contributed by atoms with Gasteiger partial charge in [0, 0.05) is 49.2 Å². The molecule has 2 aliphatic carbocycles. The monoisotopic (exact) mass is 814 g/mol. The van der Waals surface area contributed by atoms with E-state index in [1.807, 2.05) is 24.3 Å². The van der Waals surface area contributed by atoms with Crippen LogP contribution in [0.5, 0.6) is 11.5 Å². The summed E-state index contributed by atoms with van der Waals surface area (Å²) in [6.45, 7) is 5.87. The van der Waals surface area contributed by atoms with E-state index >= 15 is 0 Å². The van der Waals surface area contributed by atoms with Crippen molar-refractivity contribution >= 4 is 79.0 Å². The minimum Gasteiger partial charge on any atom is -0.427 e. The van der Waals surface area contributed by atoms with E-state index in [0.29, 0.717) is 40.4 Å². The van der Waals surface area contributed by atoms with Crippen LogP contribution >= 0.6 is 34.9 Å². The van der Waals surface area contributed by atoms with Crippen LogP contribution in [0.25, 0.3) is 0 Å². The van der Waals surface area contributed by atoms with Gasteiger partial charge in [-0.15, -0.1) is 22.7 Å². The highest BCUT2D eigenvalue weighted by molar-refractivity contribution is 7.80. The number of thiophene rings is 2. The third kappa shape index (κ3) is 12.8. The minimum atomic E-state index is -0.396. The first-order valence-corrected chi connectivity index (χ1v) is 21.3. The number of anilines is 2. The fourth-order valence-corrected chi connectivity index (χ4v) is 9.27. The second-order valence-corrected chi connectivity index (χ2v) is 17.0. The minimum absolute atomic E-state index is 0.0149. The lowest BCUT2D eigenvalue weighted by atomic mass is 9.95. The van der Waals surface area contributed by atoms with Crippen molar-refractivity contribution < 1.29 is 33.4 Å². The van der Waals surface area contributed by atoms with Crippen molar-refractivity contribution in [1.29, 1.82) is 0 Å². The summed E-state index contributed by atoms with van der Waals surface area (Å²) in [5.74, 6) is 0.247. The van der Waals surface area contributed by atoms with Gasteiger partial charge in [0.05, 0.1) is 19.8 Å². The van der Waals surface area contributed by atoms with Crippen LogP contribution in [0.3, 0.4) is 0 Å². The summed E-state index contributed by atoms with van der Waals surface area (Å²) in [5, 5.41) is 9.23. The number of esters is 2. The summed E-state index contributed by atoms with van der Waals surface area (Å²) in [7, 11) is 0. The van der Waals surface area contributed by atoms with Crippen LogP contribution in [0, 0.1) is 0 Å². The van der Waals surface area contributed by atoms with E-state index in [4.69, 9.17) is 21.7 Å². The van der Waals surface area contributed by atoms with Crippen molar-refractivity contribution in [2.24, 2.45) is 0 Å². The molecule has 0 spiro atoms. The van der Waals surface area contributed by atoms with Gasteiger partial charge in [-0.25, -0.2) is 0 Å². The Kier molecular flexibility index (Phi) is 15.7. The molecule has 0 amide bonds. The number of carbonyl (C=O) groups is 5. The largest absolute Gasteiger partial charge is 0.427 e. The van der Waals surface area contributed by atoms with E-state index in [1.165, 1.54) is 87.9 Å². The Morgan fingerprint density at radius 3 is 1.38 bits per heavy atom. The molecule has 0 radical (unpaired) electrons. The highest BCUT2D eigenvalue weighted by Gasteiger charge is 2.21. The zero-order valence-electron chi connectivity index (χ0n) is 32.5. The second-order valence-electron chi connectivity index (χ2n) is 14.4. The van der Waals surface area contributed by atoms with Gasteiger partial charge < -0.3 is 20.1 Å². The van der Waals surface area contributed by atoms with Gasteiger partial charge in [0.25, 0.3) is 0 Å². The number of hydrogen-bond acceptors (Lipinski definition) is 12. The number of carbonyl (C=O) groups excluding carboxylic acids is 5. The number of Topliss-reactive ketones (excluding diaryl/α,β-unsaturated/α-hetero) is 3. The van der Waals surface area contributed by atoms with Crippen LogP contribution in [-0.4, -0.2) is 46.2 Å². The van der Waals surface area contributed by atoms with Crippen LogP contribution < -0.4 is 20.1 Å². The second kappa shape index (κ2) is 20.6. The highest BCUT2D eigenvalue weighted by Crippen LogP contribution is 2.34. The van der Waals surface area contributed by atoms with Crippen molar-refractivity contribution in [3.8, 4) is 11.5 Å². The average molecular weight is 815 g/mol. The Morgan fingerprint density at radius 1 is 0.589 bits per heavy atom. The van der Waals surface area contributed by atoms with E-state index in [0.717, 1.165) is 49.3 Å². The number of benzene rings is 2. The van der Waals surface area contributed by atoms with Gasteiger partial charge in [0.15, 0.2) is 17.3 Å². The summed E-state index contributed by atoms with van der Waals surface area (Å²) >= 11 is 8.62. The smallest absolute Gasteiger partial charge is 0.308 e. The summed E-state index contributed by atoms with van der Waals surface area (Å²) < 4.78 is 10.1. The first kappa shape index (κ1) is 42.6. The van der Waals surface area contributed by atoms with Gasteiger partial charge in [-0.3, -0.25) is 24.0 Å². The standard InChI is InChI=1S/C22H25NO4S.C22H25NO3S2/c1-14(24)21-13-17(22(28-21)23-18-6-4-3-5-7-18)12-20(26)16-8-10-19(11-9-16)27-15(2)25;1-14(24)21-13-17(22(28-21)23-18-6-4-3-5-7-18)12-20(27)16-8-10-19(11-9-16)26-15(2)25/h2*8-11,13,18,23H,3-7,12H2,1-2H3. The number of nitrogens with one attached hydrogen (secondary N) is 2. The predicted octanol–water partition coefficient (Wildman–Crippen LogP) is 10.6. The number of thiocarbonyl (C=S) groups is 1. The van der Waals surface area contributed by atoms with Crippen molar-refractivity contribution in [1.82, 2.24) is 0 Å². The molecule has 12 heteroatoms. The molecule has 0 bridgehead atoms. The molecule has 9 nitrogen and oxygen atoms in total. The lowest BCUT2D eigenvalue weighted by molar-refractivity contribution is -0.132. The average Bonchev–Trinajstić information content (AvgIpc) is 3.76. The van der Waals surface area contributed by atoms with Gasteiger partial charge in [0.1, 0.15) is 11.5 Å². The SMILES string of the molecule is CC(=O)Oc1ccc(C(=O)Cc2cc(C(C)=O)sc2NC2CCCCC2)cc1.CC(=O)Oc1ccc(C(=S)Cc2cc(C(C)=O)sc2NC2CCCCC2)cc1. The lowest BCUT2D eigenvalue weighted by Crippen LogP contribution is -2.22. The molecule has 4 aromatic rings. The molecule has 2 aromatic heterocycles. The van der Waals surface area contributed by atoms with E-state index < -0.39 is 5.97 Å². The molecule has 2 aliphatic rings. The topological polar surface area (TPSA) is 128 Å². The summed E-state index contributed by atoms with van der Waals surface area (Å²) in [4.78, 5) is 60.8. The number of rotatable bonds is 14. The summed E-state index contributed by atoms with van der Waals surface area (Å²) in [5.41, 5.74) is 3.42. The molecule has 0 atom stereocenters. The molecule has 0 saturated heterocycles. The fraction of sp³-hybridized carbons (Fsp3) is 0.409. The van der Waals surface area contributed by atoms with E-state index in [9.17, 15) is 24.0 Å². The Morgan fingerprint density at radius 2 is 0.982 bits per heavy atom. The molecule has 6 rings (SSSR count). The Balaban J connectivity index is 0.000000214. The third-order valence-electron chi connectivity index (χ3n) is 9.77. The van der Waals surface area contributed by atoms with E-state index in [-0.39, 0.29) is 29.7 Å². The molecule has 2 N–H and O–H groups in total. The zero-order chi connectivity index (χ0) is 40.2. The number of ketones is 3. The van der Waals surface area contributed by atoms with E-state index in [2.05, 4.69) is 10.6 Å². The van der Waals surface area contributed by atoms with Crippen molar-refractivity contribution in [3.05, 3.63) is 92.7 Å². The van der Waals surface area contributed by atoms with Crippen LogP contribution in [0.1, 0.15) is 138 Å². The van der Waals surface area contributed by atoms with Crippen molar-refractivity contribution in [3.63, 3.8) is 0 Å². The molecular weight excluding hydrogens is 765 g/mol. The van der Waals surface area contributed by atoms with Crippen LogP contribution in [0.15, 0.2) is 60.7 Å². The van der Waals surface area contributed by atoms with E-state index in [1.54, 1.807) is 50.2 Å². The number of hydrogen-bond donors (Lipinski definition) is 2. The quantitative estimate of drug-likeness (QED) is 0.0549. The maximum Gasteiger partial charge on any atom is 0.308 e. The van der Waals surface area contributed by atoms with Gasteiger partial charge in [-0.05, 0) is 105 Å². The summed E-state index contributed by atoms with van der Waals surface area (Å²) in [6, 6.07) is 18.5. The molecule has 296 valence electrons. The Bertz CT molecular complexity index is 1870. The van der Waals surface area contributed by atoms with Gasteiger partial charge in [-0.2, -0.15) is 0 Å². The van der Waals surface area contributed by atoms with Crippen LogP contribution in [0.4, 0.5) is 10.0 Å². The molecule has 2 heterocycles. The summed E-state index contributed by atoms with van der Waals surface area (Å²) in [6.07, 6.45) is 12.9. The molecule has 2 aromatic carbocycles. The van der Waals surface area contributed by atoms with Crippen molar-refractivity contribution in [2.45, 2.75) is 117 Å². The lowest BCUT2D eigenvalue weighted by Gasteiger charge is -2.23. The van der Waals surface area contributed by atoms with Crippen molar-refractivity contribution in [2.75, 3.05) is 10.6 Å². The molecular formula is C44H50N2O7S3. The van der Waals surface area contributed by atoms with Crippen LogP contribution in [-0.2, 0) is 22.4 Å². The Labute approximate surface area is 342 Å². The van der Waals surface area contributed by atoms with Gasteiger partial charge >= 0.3 is 11.9 Å². The molecule has 2 saturated carbocycles. The maximum absolute atomic E-state index is 12.8. The highest BCUT2D eigenvalue weighted by atomic mass is 32.1. The molecule has 56 heavy (non-hydrogen) atoms. The molecule has 2 fully saturated rings. The molecule has 0 unspecified atom stereocenters. The number of ether oxygens (including phenoxy) is 2. The fourth-order valence-electron chi connectivity index (χ4n) is 6.88. The van der Waals surface area contributed by atoms with Crippen LogP contribution in [0.2, 0.25) is 0 Å². The zero-order valence-corrected chi connectivity index (χ0v) is 34.9. The first-order valence-electron chi connectivity index (χ1n) is 19.3. The predicted molar refractivity (Wildman–Crippen MR) is 229 cm³/mol. The molecule has 0 aliphatic heterocycles. The first-order chi connectivity index (χ1) is 26.8. The van der Waals surface area contributed by atoms with Gasteiger partial charge in [-0.1, -0.05) is 62.9 Å².